The second-order valence-corrected chi connectivity index (χ2v) is 4.45. The molecule has 0 amide bonds. The van der Waals surface area contributed by atoms with Crippen LogP contribution in [0.3, 0.4) is 0 Å². The van der Waals surface area contributed by atoms with Gasteiger partial charge < -0.3 is 4.74 Å². The summed E-state index contributed by atoms with van der Waals surface area (Å²) in [6.07, 6.45) is -3.99. The first-order valence-corrected chi connectivity index (χ1v) is 5.55. The molecular weight excluding hydrogens is 247 g/mol. The van der Waals surface area contributed by atoms with E-state index in [-0.39, 0.29) is 4.90 Å². The third-order valence-corrected chi connectivity index (χ3v) is 2.47. The Morgan fingerprint density at radius 1 is 1.38 bits per heavy atom. The van der Waals surface area contributed by atoms with Crippen molar-refractivity contribution in [2.24, 2.45) is 5.14 Å². The van der Waals surface area contributed by atoms with Crippen LogP contribution in [0.15, 0.2) is 29.2 Å². The number of alkyl halides is 3. The molecule has 0 radical (unpaired) electrons. The van der Waals surface area contributed by atoms with Crippen LogP contribution in [-0.2, 0) is 10.0 Å². The molecule has 16 heavy (non-hydrogen) atoms. The molecule has 0 aromatic heterocycles. The van der Waals surface area contributed by atoms with E-state index in [1.807, 2.05) is 0 Å². The molecule has 0 spiro atoms. The molecule has 1 aromatic rings. The van der Waals surface area contributed by atoms with Crippen molar-refractivity contribution in [3.8, 4) is 5.75 Å². The van der Waals surface area contributed by atoms with Crippen molar-refractivity contribution in [3.63, 3.8) is 0 Å². The second kappa shape index (κ2) is 4.30. The summed E-state index contributed by atoms with van der Waals surface area (Å²) in [6.45, 7) is -2.01. The van der Waals surface area contributed by atoms with Crippen LogP contribution in [0, 0.1) is 0 Å². The van der Waals surface area contributed by atoms with E-state index in [0.717, 1.165) is 24.3 Å². The quantitative estimate of drug-likeness (QED) is 0.880. The molecule has 1 rings (SSSR count). The monoisotopic (exact) mass is 255 g/mol. The highest BCUT2D eigenvalue weighted by Crippen LogP contribution is 2.23. The fourth-order valence-corrected chi connectivity index (χ4v) is 1.46. The lowest BCUT2D eigenvalue weighted by molar-refractivity contribution is -0.186. The fourth-order valence-electron chi connectivity index (χ4n) is 0.914. The zero-order valence-corrected chi connectivity index (χ0v) is 8.68. The van der Waals surface area contributed by atoms with Crippen LogP contribution >= 0.6 is 0 Å². The van der Waals surface area contributed by atoms with Gasteiger partial charge in [-0.2, -0.15) is 8.78 Å². The van der Waals surface area contributed by atoms with Crippen LogP contribution in [-0.4, -0.2) is 21.2 Å². The van der Waals surface area contributed by atoms with E-state index in [4.69, 9.17) is 5.14 Å². The van der Waals surface area contributed by atoms with Gasteiger partial charge in [-0.05, 0) is 12.1 Å². The van der Waals surface area contributed by atoms with Gasteiger partial charge in [0.15, 0.2) is 6.67 Å². The summed E-state index contributed by atoms with van der Waals surface area (Å²) in [5, 5.41) is 4.78. The molecule has 4 nitrogen and oxygen atoms in total. The van der Waals surface area contributed by atoms with Gasteiger partial charge in [0.05, 0.1) is 4.90 Å². The van der Waals surface area contributed by atoms with Gasteiger partial charge in [-0.3, -0.25) is 0 Å². The molecule has 0 unspecified atom stereocenters. The van der Waals surface area contributed by atoms with Crippen LogP contribution in [0.4, 0.5) is 13.2 Å². The first-order valence-electron chi connectivity index (χ1n) is 4.00. The highest BCUT2D eigenvalue weighted by atomic mass is 32.2. The maximum Gasteiger partial charge on any atom is 0.427 e. The SMILES string of the molecule is NS(=O)(=O)c1cccc(OC(F)(F)CF)c1. The number of primary sulfonamides is 1. The summed E-state index contributed by atoms with van der Waals surface area (Å²) in [5.41, 5.74) is 0. The van der Waals surface area contributed by atoms with Crippen molar-refractivity contribution in [1.29, 1.82) is 0 Å². The minimum atomic E-state index is -4.01. The molecule has 8 heteroatoms. The molecule has 0 aliphatic heterocycles. The summed E-state index contributed by atoms with van der Waals surface area (Å²) in [6, 6.07) is 4.12. The molecule has 2 N–H and O–H groups in total. The summed E-state index contributed by atoms with van der Waals surface area (Å²) in [5.74, 6) is -0.478. The maximum atomic E-state index is 12.5. The molecule has 90 valence electrons. The molecule has 0 aliphatic carbocycles. The van der Waals surface area contributed by atoms with Gasteiger partial charge in [0, 0.05) is 6.07 Å². The van der Waals surface area contributed by atoms with E-state index in [9.17, 15) is 21.6 Å². The Morgan fingerprint density at radius 2 is 2.00 bits per heavy atom. The van der Waals surface area contributed by atoms with Crippen LogP contribution in [0.1, 0.15) is 0 Å². The molecule has 0 heterocycles. The van der Waals surface area contributed by atoms with Gasteiger partial charge >= 0.3 is 6.11 Å². The Balaban J connectivity index is 3.01. The van der Waals surface area contributed by atoms with E-state index < -0.39 is 28.6 Å². The summed E-state index contributed by atoms with van der Waals surface area (Å²) >= 11 is 0. The smallest absolute Gasteiger partial charge is 0.427 e. The van der Waals surface area contributed by atoms with Crippen molar-refractivity contribution in [2.75, 3.05) is 6.67 Å². The third kappa shape index (κ3) is 3.38. The minimum absolute atomic E-state index is 0.389. The summed E-state index contributed by atoms with van der Waals surface area (Å²) in [4.78, 5) is -0.389. The number of nitrogens with two attached hydrogens (primary N) is 1. The standard InChI is InChI=1S/C8H8F3NO3S/c9-5-8(10,11)15-6-2-1-3-7(4-6)16(12,13)14/h1-4H,5H2,(H2,12,13,14). The van der Waals surface area contributed by atoms with Crippen LogP contribution in [0.2, 0.25) is 0 Å². The average molecular weight is 255 g/mol. The van der Waals surface area contributed by atoms with Crippen LogP contribution in [0.5, 0.6) is 5.75 Å². The van der Waals surface area contributed by atoms with E-state index in [2.05, 4.69) is 4.74 Å². The lowest BCUT2D eigenvalue weighted by Crippen LogP contribution is -2.27. The molecule has 0 fully saturated rings. The first kappa shape index (κ1) is 12.8. The van der Waals surface area contributed by atoms with Gasteiger partial charge in [-0.1, -0.05) is 6.07 Å². The number of sulfonamides is 1. The largest absolute Gasteiger partial charge is 0.431 e. The molecular formula is C8H8F3NO3S. The van der Waals surface area contributed by atoms with Gasteiger partial charge in [-0.15, -0.1) is 0 Å². The van der Waals surface area contributed by atoms with Gasteiger partial charge in [-0.25, -0.2) is 17.9 Å². The predicted octanol–water partition coefficient (Wildman–Crippen LogP) is 1.28. The van der Waals surface area contributed by atoms with Crippen molar-refractivity contribution >= 4 is 10.0 Å². The van der Waals surface area contributed by atoms with Crippen molar-refractivity contribution in [1.82, 2.24) is 0 Å². The second-order valence-electron chi connectivity index (χ2n) is 2.89. The Morgan fingerprint density at radius 3 is 2.50 bits per heavy atom. The molecule has 1 aromatic carbocycles. The number of hydrogen-bond donors (Lipinski definition) is 1. The normalized spacial score (nSPS) is 12.5. The lowest BCUT2D eigenvalue weighted by atomic mass is 10.3. The van der Waals surface area contributed by atoms with E-state index in [1.165, 1.54) is 0 Å². The molecule has 0 saturated carbocycles. The number of benzene rings is 1. The van der Waals surface area contributed by atoms with Crippen molar-refractivity contribution < 1.29 is 26.3 Å². The molecule has 0 saturated heterocycles. The topological polar surface area (TPSA) is 69.4 Å². The Kier molecular flexibility index (Phi) is 3.44. The van der Waals surface area contributed by atoms with Gasteiger partial charge in [0.1, 0.15) is 5.75 Å². The summed E-state index contributed by atoms with van der Waals surface area (Å²) < 4.78 is 62.5. The maximum absolute atomic E-state index is 12.5. The van der Waals surface area contributed by atoms with E-state index >= 15 is 0 Å². The lowest BCUT2D eigenvalue weighted by Gasteiger charge is -2.14. The zero-order chi connectivity index (χ0) is 12.4. The number of rotatable bonds is 4. The van der Waals surface area contributed by atoms with Gasteiger partial charge in [0.25, 0.3) is 0 Å². The minimum Gasteiger partial charge on any atom is -0.431 e. The Bertz CT molecular complexity index is 475. The fraction of sp³-hybridized carbons (Fsp3) is 0.250. The zero-order valence-electron chi connectivity index (χ0n) is 7.86. The number of ether oxygens (including phenoxy) is 1. The molecule has 0 aliphatic rings. The van der Waals surface area contributed by atoms with E-state index in [0.29, 0.717) is 0 Å². The average Bonchev–Trinajstić information content (AvgIpc) is 2.16. The number of halogens is 3. The van der Waals surface area contributed by atoms with Crippen molar-refractivity contribution in [3.05, 3.63) is 24.3 Å². The molecule has 0 atom stereocenters. The summed E-state index contributed by atoms with van der Waals surface area (Å²) in [7, 11) is -4.01. The first-order chi connectivity index (χ1) is 7.24. The highest BCUT2D eigenvalue weighted by Gasteiger charge is 2.31. The third-order valence-electron chi connectivity index (χ3n) is 1.56. The van der Waals surface area contributed by atoms with Gasteiger partial charge in [0.2, 0.25) is 10.0 Å². The van der Waals surface area contributed by atoms with Crippen LogP contribution in [0.25, 0.3) is 0 Å². The highest BCUT2D eigenvalue weighted by molar-refractivity contribution is 7.89. The Hall–Kier alpha value is -1.28. The van der Waals surface area contributed by atoms with Crippen LogP contribution < -0.4 is 9.88 Å². The predicted molar refractivity (Wildman–Crippen MR) is 49.4 cm³/mol. The van der Waals surface area contributed by atoms with Crippen molar-refractivity contribution in [2.45, 2.75) is 11.0 Å². The molecule has 0 bridgehead atoms. The Labute approximate surface area is 89.9 Å². The number of hydrogen-bond acceptors (Lipinski definition) is 3. The van der Waals surface area contributed by atoms with E-state index in [1.54, 1.807) is 0 Å².